The van der Waals surface area contributed by atoms with Crippen molar-refractivity contribution in [2.24, 2.45) is 5.84 Å². The van der Waals surface area contributed by atoms with Gasteiger partial charge in [0.2, 0.25) is 0 Å². The molecule has 0 aliphatic heterocycles. The van der Waals surface area contributed by atoms with E-state index in [0.717, 1.165) is 5.56 Å². The average Bonchev–Trinajstić information content (AvgIpc) is 2.06. The summed E-state index contributed by atoms with van der Waals surface area (Å²) < 4.78 is 0. The average molecular weight is 204 g/mol. The molecule has 13 heavy (non-hydrogen) atoms. The summed E-state index contributed by atoms with van der Waals surface area (Å²) in [5.74, 6) is 5.07. The number of nitro benzene ring substituents is 1. The predicted molar refractivity (Wildman–Crippen MR) is 51.4 cm³/mol. The van der Waals surface area contributed by atoms with Gasteiger partial charge in [0.1, 0.15) is 0 Å². The van der Waals surface area contributed by atoms with Crippen molar-refractivity contribution in [3.8, 4) is 0 Å². The molecule has 0 bridgehead atoms. The quantitative estimate of drug-likeness (QED) is 0.436. The summed E-state index contributed by atoms with van der Waals surface area (Å²) in [4.78, 5) is 9.80. The summed E-state index contributed by atoms with van der Waals surface area (Å²) >= 11 is 0. The van der Waals surface area contributed by atoms with Gasteiger partial charge in [0, 0.05) is 18.7 Å². The van der Waals surface area contributed by atoms with Crippen molar-refractivity contribution in [2.45, 2.75) is 6.54 Å². The molecule has 0 aromatic heterocycles. The van der Waals surface area contributed by atoms with E-state index in [1.807, 2.05) is 0 Å². The van der Waals surface area contributed by atoms with E-state index < -0.39 is 4.92 Å². The molecule has 0 saturated carbocycles. The van der Waals surface area contributed by atoms with Crippen molar-refractivity contribution < 1.29 is 4.92 Å². The minimum atomic E-state index is -0.431. The molecule has 1 aromatic carbocycles. The van der Waals surface area contributed by atoms with E-state index in [2.05, 4.69) is 5.43 Å². The molecule has 0 unspecified atom stereocenters. The lowest BCUT2D eigenvalue weighted by molar-refractivity contribution is -0.384. The molecule has 0 spiro atoms. The van der Waals surface area contributed by atoms with Crippen molar-refractivity contribution in [3.05, 3.63) is 39.9 Å². The van der Waals surface area contributed by atoms with Crippen LogP contribution in [-0.2, 0) is 6.54 Å². The Morgan fingerprint density at radius 2 is 1.92 bits per heavy atom. The molecule has 6 heteroatoms. The first-order valence-electron chi connectivity index (χ1n) is 3.41. The summed E-state index contributed by atoms with van der Waals surface area (Å²) in [5, 5.41) is 10.2. The minimum Gasteiger partial charge on any atom is -0.271 e. The molecule has 72 valence electrons. The molecule has 0 radical (unpaired) electrons. The Hall–Kier alpha value is -1.17. The van der Waals surface area contributed by atoms with Crippen LogP contribution < -0.4 is 11.3 Å². The summed E-state index contributed by atoms with van der Waals surface area (Å²) in [6.07, 6.45) is 0. The van der Waals surface area contributed by atoms with E-state index in [9.17, 15) is 10.1 Å². The maximum atomic E-state index is 10.2. The molecular weight excluding hydrogens is 194 g/mol. The first-order chi connectivity index (χ1) is 5.74. The second-order valence-corrected chi connectivity index (χ2v) is 2.30. The molecule has 0 saturated heterocycles. The summed E-state index contributed by atoms with van der Waals surface area (Å²) in [5.41, 5.74) is 3.48. The van der Waals surface area contributed by atoms with E-state index in [4.69, 9.17) is 5.84 Å². The highest BCUT2D eigenvalue weighted by Crippen LogP contribution is 2.11. The lowest BCUT2D eigenvalue weighted by Crippen LogP contribution is -2.20. The summed E-state index contributed by atoms with van der Waals surface area (Å²) in [7, 11) is 0. The minimum absolute atomic E-state index is 0. The van der Waals surface area contributed by atoms with Gasteiger partial charge >= 0.3 is 0 Å². The van der Waals surface area contributed by atoms with Crippen LogP contribution in [0.2, 0.25) is 0 Å². The first-order valence-corrected chi connectivity index (χ1v) is 3.41. The van der Waals surface area contributed by atoms with Crippen LogP contribution in [0.3, 0.4) is 0 Å². The zero-order chi connectivity index (χ0) is 8.97. The van der Waals surface area contributed by atoms with E-state index in [0.29, 0.717) is 6.54 Å². The van der Waals surface area contributed by atoms with Crippen molar-refractivity contribution >= 4 is 18.1 Å². The van der Waals surface area contributed by atoms with Gasteiger partial charge in [-0.1, -0.05) is 12.1 Å². The third-order valence-corrected chi connectivity index (χ3v) is 1.45. The summed E-state index contributed by atoms with van der Waals surface area (Å²) in [6.45, 7) is 0.512. The SMILES string of the molecule is Cl.NNCc1ccc([N+](=O)[O-])cc1. The lowest BCUT2D eigenvalue weighted by Gasteiger charge is -1.97. The van der Waals surface area contributed by atoms with Crippen LogP contribution in [0.25, 0.3) is 0 Å². The Labute approximate surface area is 81.5 Å². The van der Waals surface area contributed by atoms with Crippen LogP contribution in [0, 0.1) is 10.1 Å². The van der Waals surface area contributed by atoms with Gasteiger partial charge in [-0.15, -0.1) is 12.4 Å². The van der Waals surface area contributed by atoms with Crippen LogP contribution in [-0.4, -0.2) is 4.92 Å². The monoisotopic (exact) mass is 203 g/mol. The zero-order valence-corrected chi connectivity index (χ0v) is 7.58. The number of hydrogen-bond donors (Lipinski definition) is 2. The molecule has 3 N–H and O–H groups in total. The van der Waals surface area contributed by atoms with E-state index in [1.165, 1.54) is 12.1 Å². The van der Waals surface area contributed by atoms with Gasteiger partial charge in [0.25, 0.3) is 5.69 Å². The number of nitrogens with zero attached hydrogens (tertiary/aromatic N) is 1. The Morgan fingerprint density at radius 3 is 2.31 bits per heavy atom. The van der Waals surface area contributed by atoms with Gasteiger partial charge in [0.05, 0.1) is 4.92 Å². The van der Waals surface area contributed by atoms with Gasteiger partial charge in [-0.25, -0.2) is 0 Å². The van der Waals surface area contributed by atoms with Crippen molar-refractivity contribution in [3.63, 3.8) is 0 Å². The first kappa shape index (κ1) is 11.8. The zero-order valence-electron chi connectivity index (χ0n) is 6.77. The topological polar surface area (TPSA) is 81.2 Å². The third kappa shape index (κ3) is 3.37. The highest BCUT2D eigenvalue weighted by molar-refractivity contribution is 5.85. The summed E-state index contributed by atoms with van der Waals surface area (Å²) in [6, 6.07) is 6.23. The van der Waals surface area contributed by atoms with E-state index >= 15 is 0 Å². The number of nitro groups is 1. The number of non-ortho nitro benzene ring substituents is 1. The Balaban J connectivity index is 0.00000144. The standard InChI is InChI=1S/C7H9N3O2.ClH/c8-9-5-6-1-3-7(4-2-6)10(11)12;/h1-4,9H,5,8H2;1H. The molecule has 1 rings (SSSR count). The number of benzene rings is 1. The molecule has 5 nitrogen and oxygen atoms in total. The van der Waals surface area contributed by atoms with Gasteiger partial charge in [-0.2, -0.15) is 0 Å². The lowest BCUT2D eigenvalue weighted by atomic mass is 10.2. The Bertz CT molecular complexity index is 276. The highest BCUT2D eigenvalue weighted by Gasteiger charge is 2.02. The van der Waals surface area contributed by atoms with Crippen LogP contribution >= 0.6 is 12.4 Å². The molecule has 0 aliphatic rings. The molecule has 0 amide bonds. The molecule has 0 heterocycles. The van der Waals surface area contributed by atoms with Crippen molar-refractivity contribution in [1.29, 1.82) is 0 Å². The molecule has 0 aliphatic carbocycles. The van der Waals surface area contributed by atoms with E-state index in [1.54, 1.807) is 12.1 Å². The van der Waals surface area contributed by atoms with Crippen molar-refractivity contribution in [1.82, 2.24) is 5.43 Å². The Morgan fingerprint density at radius 1 is 1.38 bits per heavy atom. The number of rotatable bonds is 3. The number of nitrogens with one attached hydrogen (secondary N) is 1. The molecule has 1 aromatic rings. The van der Waals surface area contributed by atoms with E-state index in [-0.39, 0.29) is 18.1 Å². The fourth-order valence-corrected chi connectivity index (χ4v) is 0.853. The van der Waals surface area contributed by atoms with Gasteiger partial charge in [0.15, 0.2) is 0 Å². The second-order valence-electron chi connectivity index (χ2n) is 2.30. The third-order valence-electron chi connectivity index (χ3n) is 1.45. The number of halogens is 1. The van der Waals surface area contributed by atoms with Gasteiger partial charge < -0.3 is 0 Å². The van der Waals surface area contributed by atoms with Crippen LogP contribution in [0.1, 0.15) is 5.56 Å². The van der Waals surface area contributed by atoms with Gasteiger partial charge in [-0.3, -0.25) is 21.4 Å². The maximum absolute atomic E-state index is 10.2. The number of nitrogens with two attached hydrogens (primary N) is 1. The largest absolute Gasteiger partial charge is 0.271 e. The normalized spacial score (nSPS) is 9.00. The second kappa shape index (κ2) is 5.47. The van der Waals surface area contributed by atoms with Crippen LogP contribution in [0.4, 0.5) is 5.69 Å². The van der Waals surface area contributed by atoms with Crippen molar-refractivity contribution in [2.75, 3.05) is 0 Å². The predicted octanol–water partition coefficient (Wildman–Crippen LogP) is 0.980. The van der Waals surface area contributed by atoms with Crippen LogP contribution in [0.5, 0.6) is 0 Å². The maximum Gasteiger partial charge on any atom is 0.269 e. The number of hydrogen-bond acceptors (Lipinski definition) is 4. The highest BCUT2D eigenvalue weighted by atomic mass is 35.5. The number of hydrazine groups is 1. The fourth-order valence-electron chi connectivity index (χ4n) is 0.853. The molecule has 0 atom stereocenters. The van der Waals surface area contributed by atoms with Gasteiger partial charge in [-0.05, 0) is 5.56 Å². The van der Waals surface area contributed by atoms with Crippen LogP contribution in [0.15, 0.2) is 24.3 Å². The molecular formula is C7H10ClN3O2. The fraction of sp³-hybridized carbons (Fsp3) is 0.143. The molecule has 0 fully saturated rings. The Kier molecular flexibility index (Phi) is 4.98. The smallest absolute Gasteiger partial charge is 0.269 e.